The van der Waals surface area contributed by atoms with Gasteiger partial charge in [-0.25, -0.2) is 4.98 Å². The van der Waals surface area contributed by atoms with Crippen molar-refractivity contribution in [2.75, 3.05) is 17.7 Å². The predicted molar refractivity (Wildman–Crippen MR) is 168 cm³/mol. The van der Waals surface area contributed by atoms with Gasteiger partial charge >= 0.3 is 0 Å². The van der Waals surface area contributed by atoms with E-state index in [0.29, 0.717) is 10.8 Å². The highest BCUT2D eigenvalue weighted by Crippen LogP contribution is 2.38. The number of anilines is 2. The van der Waals surface area contributed by atoms with Crippen molar-refractivity contribution in [3.8, 4) is 17.0 Å². The van der Waals surface area contributed by atoms with E-state index in [1.807, 2.05) is 115 Å². The summed E-state index contributed by atoms with van der Waals surface area (Å²) in [6.45, 7) is 0. The van der Waals surface area contributed by atoms with Gasteiger partial charge in [0.05, 0.1) is 12.8 Å². The zero-order chi connectivity index (χ0) is 28.4. The standard InChI is InChI=1S/C33H27N3O3S2/c1-39-27-18-16-24(17-19-27)29-22-40-33(35-29)36-32(38)31(25-11-6-3-7-12-25)41-28-14-8-13-26(21-28)34-30(37)20-15-23-9-4-2-5-10-23/h2-22,31H,1H3,(H,34,37)(H,35,36,38)/b20-15+. The highest BCUT2D eigenvalue weighted by molar-refractivity contribution is 8.00. The number of nitrogens with zero attached hydrogens (tertiary/aromatic N) is 1. The number of thiazole rings is 1. The maximum atomic E-state index is 13.6. The zero-order valence-electron chi connectivity index (χ0n) is 22.2. The molecule has 0 bridgehead atoms. The van der Waals surface area contributed by atoms with Crippen molar-refractivity contribution in [3.63, 3.8) is 0 Å². The van der Waals surface area contributed by atoms with Crippen molar-refractivity contribution in [2.45, 2.75) is 10.1 Å². The van der Waals surface area contributed by atoms with Crippen molar-refractivity contribution < 1.29 is 14.3 Å². The van der Waals surface area contributed by atoms with Crippen LogP contribution in [0.1, 0.15) is 16.4 Å². The van der Waals surface area contributed by atoms with Gasteiger partial charge in [-0.15, -0.1) is 23.1 Å². The first-order valence-electron chi connectivity index (χ1n) is 12.8. The lowest BCUT2D eigenvalue weighted by Crippen LogP contribution is -2.19. The molecule has 0 radical (unpaired) electrons. The second-order valence-corrected chi connectivity index (χ2v) is 11.0. The van der Waals surface area contributed by atoms with Gasteiger partial charge in [-0.2, -0.15) is 0 Å². The van der Waals surface area contributed by atoms with Crippen LogP contribution in [-0.4, -0.2) is 23.9 Å². The quantitative estimate of drug-likeness (QED) is 0.130. The number of carbonyl (C=O) groups excluding carboxylic acids is 2. The molecule has 4 aromatic carbocycles. The number of benzene rings is 4. The van der Waals surface area contributed by atoms with E-state index in [0.717, 1.165) is 33.0 Å². The number of aromatic nitrogens is 1. The van der Waals surface area contributed by atoms with E-state index < -0.39 is 5.25 Å². The topological polar surface area (TPSA) is 80.3 Å². The minimum Gasteiger partial charge on any atom is -0.497 e. The highest BCUT2D eigenvalue weighted by atomic mass is 32.2. The van der Waals surface area contributed by atoms with Crippen LogP contribution in [0.15, 0.2) is 126 Å². The Morgan fingerprint density at radius 3 is 2.34 bits per heavy atom. The molecule has 1 heterocycles. The van der Waals surface area contributed by atoms with Crippen molar-refractivity contribution in [1.82, 2.24) is 4.98 Å². The molecule has 1 aromatic heterocycles. The largest absolute Gasteiger partial charge is 0.497 e. The second kappa shape index (κ2) is 13.6. The third-order valence-electron chi connectivity index (χ3n) is 6.04. The Morgan fingerprint density at radius 1 is 0.878 bits per heavy atom. The third kappa shape index (κ3) is 7.72. The van der Waals surface area contributed by atoms with Crippen LogP contribution in [0.5, 0.6) is 5.75 Å². The maximum absolute atomic E-state index is 13.6. The zero-order valence-corrected chi connectivity index (χ0v) is 23.8. The Kier molecular flexibility index (Phi) is 9.26. The van der Waals surface area contributed by atoms with E-state index in [9.17, 15) is 9.59 Å². The van der Waals surface area contributed by atoms with Crippen LogP contribution in [0, 0.1) is 0 Å². The first kappa shape index (κ1) is 27.9. The number of methoxy groups -OCH3 is 1. The van der Waals surface area contributed by atoms with Crippen molar-refractivity contribution in [1.29, 1.82) is 0 Å². The summed E-state index contributed by atoms with van der Waals surface area (Å²) in [5, 5.41) is 7.81. The van der Waals surface area contributed by atoms with Crippen LogP contribution >= 0.6 is 23.1 Å². The minimum atomic E-state index is -0.534. The summed E-state index contributed by atoms with van der Waals surface area (Å²) in [7, 11) is 1.63. The normalized spacial score (nSPS) is 11.6. The lowest BCUT2D eigenvalue weighted by Gasteiger charge is -2.17. The number of hydrogen-bond donors (Lipinski definition) is 2. The van der Waals surface area contributed by atoms with Crippen molar-refractivity contribution >= 4 is 51.8 Å². The van der Waals surface area contributed by atoms with Gasteiger partial charge in [0, 0.05) is 27.6 Å². The number of rotatable bonds is 10. The molecule has 5 rings (SSSR count). The lowest BCUT2D eigenvalue weighted by molar-refractivity contribution is -0.116. The molecule has 5 aromatic rings. The van der Waals surface area contributed by atoms with E-state index in [-0.39, 0.29) is 11.8 Å². The molecular formula is C33H27N3O3S2. The van der Waals surface area contributed by atoms with Crippen LogP contribution in [0.3, 0.4) is 0 Å². The molecule has 1 unspecified atom stereocenters. The van der Waals surface area contributed by atoms with E-state index >= 15 is 0 Å². The Morgan fingerprint density at radius 2 is 1.61 bits per heavy atom. The molecule has 6 nitrogen and oxygen atoms in total. The molecule has 0 aliphatic rings. The molecule has 8 heteroatoms. The molecule has 0 saturated heterocycles. The van der Waals surface area contributed by atoms with Crippen molar-refractivity contribution in [3.05, 3.63) is 132 Å². The van der Waals surface area contributed by atoms with Crippen LogP contribution in [0.2, 0.25) is 0 Å². The van der Waals surface area contributed by atoms with Gasteiger partial charge in [-0.05, 0) is 59.7 Å². The third-order valence-corrected chi connectivity index (χ3v) is 8.05. The van der Waals surface area contributed by atoms with Crippen LogP contribution in [0.4, 0.5) is 10.8 Å². The molecule has 1 atom stereocenters. The van der Waals surface area contributed by atoms with E-state index in [4.69, 9.17) is 4.74 Å². The van der Waals surface area contributed by atoms with Gasteiger partial charge in [0.1, 0.15) is 11.0 Å². The average molecular weight is 578 g/mol. The van der Waals surface area contributed by atoms with Gasteiger partial charge in [0.15, 0.2) is 5.13 Å². The van der Waals surface area contributed by atoms with Crippen LogP contribution < -0.4 is 15.4 Å². The summed E-state index contributed by atoms with van der Waals surface area (Å²) in [6, 6.07) is 34.4. The Balaban J connectivity index is 1.29. The van der Waals surface area contributed by atoms with Gasteiger partial charge < -0.3 is 15.4 Å². The first-order chi connectivity index (χ1) is 20.1. The summed E-state index contributed by atoms with van der Waals surface area (Å²) < 4.78 is 5.23. The van der Waals surface area contributed by atoms with E-state index in [1.54, 1.807) is 13.2 Å². The SMILES string of the molecule is COc1ccc(-c2csc(NC(=O)C(Sc3cccc(NC(=O)/C=C/c4ccccc4)c3)c3ccccc3)n2)cc1. The van der Waals surface area contributed by atoms with E-state index in [1.165, 1.54) is 29.2 Å². The fourth-order valence-corrected chi connectivity index (χ4v) is 5.81. The Labute approximate surface area is 247 Å². The van der Waals surface area contributed by atoms with Gasteiger partial charge in [-0.1, -0.05) is 66.7 Å². The second-order valence-electron chi connectivity index (χ2n) is 8.93. The lowest BCUT2D eigenvalue weighted by atomic mass is 10.1. The van der Waals surface area contributed by atoms with Crippen LogP contribution in [0.25, 0.3) is 17.3 Å². The number of amides is 2. The summed E-state index contributed by atoms with van der Waals surface area (Å²) in [5.74, 6) is 0.356. The first-order valence-corrected chi connectivity index (χ1v) is 14.6. The number of ether oxygens (including phenoxy) is 1. The average Bonchev–Trinajstić information content (AvgIpc) is 3.48. The molecule has 0 fully saturated rings. The fourth-order valence-electron chi connectivity index (χ4n) is 4.00. The smallest absolute Gasteiger partial charge is 0.248 e. The number of thioether (sulfide) groups is 1. The molecule has 41 heavy (non-hydrogen) atoms. The molecule has 0 saturated carbocycles. The van der Waals surface area contributed by atoms with Crippen molar-refractivity contribution in [2.24, 2.45) is 0 Å². The highest BCUT2D eigenvalue weighted by Gasteiger charge is 2.23. The van der Waals surface area contributed by atoms with Gasteiger partial charge in [0.25, 0.3) is 0 Å². The predicted octanol–water partition coefficient (Wildman–Crippen LogP) is 7.94. The summed E-state index contributed by atoms with van der Waals surface area (Å²) in [6.07, 6.45) is 3.27. The molecule has 204 valence electrons. The molecular weight excluding hydrogens is 551 g/mol. The Bertz CT molecular complexity index is 1640. The monoisotopic (exact) mass is 577 g/mol. The van der Waals surface area contributed by atoms with E-state index in [2.05, 4.69) is 15.6 Å². The molecule has 0 spiro atoms. The molecule has 0 aliphatic carbocycles. The fraction of sp³-hybridized carbons (Fsp3) is 0.0606. The van der Waals surface area contributed by atoms with Crippen LogP contribution in [-0.2, 0) is 9.59 Å². The number of nitrogens with one attached hydrogen (secondary N) is 2. The van der Waals surface area contributed by atoms with Gasteiger partial charge in [-0.3, -0.25) is 9.59 Å². The summed E-state index contributed by atoms with van der Waals surface area (Å²) in [5.41, 5.74) is 4.17. The minimum absolute atomic E-state index is 0.183. The number of carbonyl (C=O) groups is 2. The maximum Gasteiger partial charge on any atom is 0.248 e. The summed E-state index contributed by atoms with van der Waals surface area (Å²) in [4.78, 5) is 31.5. The summed E-state index contributed by atoms with van der Waals surface area (Å²) >= 11 is 2.79. The van der Waals surface area contributed by atoms with Gasteiger partial charge in [0.2, 0.25) is 11.8 Å². The Hall–Kier alpha value is -4.66. The molecule has 0 aliphatic heterocycles. The molecule has 2 amide bonds. The molecule has 2 N–H and O–H groups in total. The number of hydrogen-bond acceptors (Lipinski definition) is 6.